The van der Waals surface area contributed by atoms with Gasteiger partial charge >= 0.3 is 0 Å². The van der Waals surface area contributed by atoms with E-state index in [9.17, 15) is 9.59 Å². The minimum absolute atomic E-state index is 0.0247. The predicted octanol–water partition coefficient (Wildman–Crippen LogP) is 5.83. The lowest BCUT2D eigenvalue weighted by Crippen LogP contribution is -2.16. The number of nitrogens with one attached hydrogen (secondary N) is 1. The van der Waals surface area contributed by atoms with Crippen LogP contribution in [0.1, 0.15) is 42.3 Å². The highest BCUT2D eigenvalue weighted by atomic mass is 32.2. The number of thioether (sulfide) groups is 1. The van der Waals surface area contributed by atoms with Gasteiger partial charge in [-0.25, -0.2) is 0 Å². The Morgan fingerprint density at radius 3 is 2.29 bits per heavy atom. The van der Waals surface area contributed by atoms with Crippen molar-refractivity contribution >= 4 is 29.3 Å². The van der Waals surface area contributed by atoms with Crippen molar-refractivity contribution in [2.45, 2.75) is 43.8 Å². The molecule has 0 radical (unpaired) electrons. The number of hydrogen-bond donors (Lipinski definition) is 2. The van der Waals surface area contributed by atoms with Gasteiger partial charge in [-0.2, -0.15) is 0 Å². The van der Waals surface area contributed by atoms with Gasteiger partial charge in [-0.1, -0.05) is 74.9 Å². The second-order valence-electron chi connectivity index (χ2n) is 8.55. The molecule has 0 fully saturated rings. The van der Waals surface area contributed by atoms with E-state index in [1.54, 1.807) is 23.9 Å². The van der Waals surface area contributed by atoms with Gasteiger partial charge in [-0.05, 0) is 41.8 Å². The van der Waals surface area contributed by atoms with E-state index in [-0.39, 0.29) is 10.7 Å². The molecule has 0 aromatic heterocycles. The first-order valence-electron chi connectivity index (χ1n) is 10.2. The van der Waals surface area contributed by atoms with Crippen LogP contribution < -0.4 is 11.1 Å². The summed E-state index contributed by atoms with van der Waals surface area (Å²) in [6.07, 6.45) is 0.294. The first kappa shape index (κ1) is 22.6. The molecule has 3 N–H and O–H groups in total. The van der Waals surface area contributed by atoms with Crippen LogP contribution in [0.5, 0.6) is 0 Å². The molecule has 3 aromatic carbocycles. The van der Waals surface area contributed by atoms with Crippen LogP contribution in [-0.4, -0.2) is 16.6 Å². The number of rotatable bonds is 6. The molecule has 0 unspecified atom stereocenters. The third-order valence-corrected chi connectivity index (χ3v) is 5.85. The zero-order chi connectivity index (χ0) is 22.6. The van der Waals surface area contributed by atoms with Crippen molar-refractivity contribution in [3.8, 4) is 11.1 Å². The summed E-state index contributed by atoms with van der Waals surface area (Å²) < 4.78 is -0.0247. The van der Waals surface area contributed by atoms with Crippen molar-refractivity contribution in [1.82, 2.24) is 0 Å². The van der Waals surface area contributed by atoms with Gasteiger partial charge in [0.2, 0.25) is 11.8 Å². The Labute approximate surface area is 188 Å². The lowest BCUT2D eigenvalue weighted by atomic mass is 9.99. The lowest BCUT2D eigenvalue weighted by Gasteiger charge is -2.21. The molecule has 0 aliphatic rings. The highest BCUT2D eigenvalue weighted by Crippen LogP contribution is 2.39. The molecular weight excluding hydrogens is 404 g/mol. The van der Waals surface area contributed by atoms with Crippen molar-refractivity contribution in [2.24, 2.45) is 5.73 Å². The monoisotopic (exact) mass is 432 g/mol. The Balaban J connectivity index is 1.95. The molecule has 31 heavy (non-hydrogen) atoms. The molecule has 0 spiro atoms. The molecular formula is C26H28N2O2S. The molecule has 4 nitrogen and oxygen atoms in total. The Bertz CT molecular complexity index is 1100. The Morgan fingerprint density at radius 1 is 0.968 bits per heavy atom. The van der Waals surface area contributed by atoms with Crippen molar-refractivity contribution in [3.63, 3.8) is 0 Å². The molecule has 5 heteroatoms. The summed E-state index contributed by atoms with van der Waals surface area (Å²) in [5.74, 6) is -0.561. The highest BCUT2D eigenvalue weighted by Gasteiger charge is 2.18. The normalized spacial score (nSPS) is 11.2. The summed E-state index contributed by atoms with van der Waals surface area (Å²) >= 11 is 1.69. The second-order valence-corrected chi connectivity index (χ2v) is 10.4. The maximum absolute atomic E-state index is 12.8. The molecule has 3 aromatic rings. The number of primary amides is 1. The number of nitrogens with two attached hydrogens (primary N) is 1. The number of aryl methyl sites for hydroxylation is 1. The summed E-state index contributed by atoms with van der Waals surface area (Å²) in [6.45, 7) is 8.42. The van der Waals surface area contributed by atoms with Gasteiger partial charge in [0.25, 0.3) is 0 Å². The molecule has 160 valence electrons. The van der Waals surface area contributed by atoms with Crippen molar-refractivity contribution < 1.29 is 9.59 Å². The zero-order valence-corrected chi connectivity index (χ0v) is 19.2. The maximum atomic E-state index is 12.8. The van der Waals surface area contributed by atoms with Gasteiger partial charge in [0.05, 0.1) is 12.1 Å². The number of carbonyl (C=O) groups is 2. The van der Waals surface area contributed by atoms with Gasteiger partial charge in [-0.3, -0.25) is 9.59 Å². The fourth-order valence-corrected chi connectivity index (χ4v) is 4.27. The fraction of sp³-hybridized carbons (Fsp3) is 0.231. The van der Waals surface area contributed by atoms with Crippen LogP contribution in [0.15, 0.2) is 71.6 Å². The molecule has 0 saturated carbocycles. The summed E-state index contributed by atoms with van der Waals surface area (Å²) in [5, 5.41) is 3.08. The standard InChI is InChI=1S/C26H28N2O2S/c1-17-9-11-18(12-10-17)15-24(29)28-22-16-19(13-14-23(22)31-26(2,3)4)20-7-5-6-8-21(20)25(27)30/h5-14,16H,15H2,1-4H3,(H2,27,30)(H,28,29). The van der Waals surface area contributed by atoms with Gasteiger partial charge < -0.3 is 11.1 Å². The third-order valence-electron chi connectivity index (χ3n) is 4.66. The minimum Gasteiger partial charge on any atom is -0.366 e. The average molecular weight is 433 g/mol. The van der Waals surface area contributed by atoms with Gasteiger partial charge in [0.1, 0.15) is 0 Å². The molecule has 0 bridgehead atoms. The second kappa shape index (κ2) is 9.40. The average Bonchev–Trinajstić information content (AvgIpc) is 2.70. The minimum atomic E-state index is -0.478. The van der Waals surface area contributed by atoms with Crippen molar-refractivity contribution in [1.29, 1.82) is 0 Å². The van der Waals surface area contributed by atoms with E-state index in [1.165, 1.54) is 0 Å². The maximum Gasteiger partial charge on any atom is 0.249 e. The summed E-state index contributed by atoms with van der Waals surface area (Å²) in [7, 11) is 0. The van der Waals surface area contributed by atoms with E-state index in [4.69, 9.17) is 5.73 Å². The van der Waals surface area contributed by atoms with Gasteiger partial charge in [0, 0.05) is 15.2 Å². The predicted molar refractivity (Wildman–Crippen MR) is 130 cm³/mol. The van der Waals surface area contributed by atoms with E-state index in [2.05, 4.69) is 26.1 Å². The number of carbonyl (C=O) groups excluding carboxylic acids is 2. The smallest absolute Gasteiger partial charge is 0.249 e. The fourth-order valence-electron chi connectivity index (χ4n) is 3.25. The number of benzene rings is 3. The van der Waals surface area contributed by atoms with E-state index >= 15 is 0 Å². The van der Waals surface area contributed by atoms with Crippen LogP contribution in [0.4, 0.5) is 5.69 Å². The van der Waals surface area contributed by atoms with Crippen LogP contribution in [0.3, 0.4) is 0 Å². The van der Waals surface area contributed by atoms with Crippen LogP contribution in [0.25, 0.3) is 11.1 Å². The summed E-state index contributed by atoms with van der Waals surface area (Å²) in [5.41, 5.74) is 10.5. The number of anilines is 1. The summed E-state index contributed by atoms with van der Waals surface area (Å²) in [4.78, 5) is 25.7. The first-order chi connectivity index (χ1) is 14.6. The quantitative estimate of drug-likeness (QED) is 0.481. The van der Waals surface area contributed by atoms with Gasteiger partial charge in [-0.15, -0.1) is 11.8 Å². The molecule has 0 heterocycles. The van der Waals surface area contributed by atoms with E-state index < -0.39 is 5.91 Å². The third kappa shape index (κ3) is 6.22. The van der Waals surface area contributed by atoms with Crippen molar-refractivity contribution in [3.05, 3.63) is 83.4 Å². The summed E-state index contributed by atoms with van der Waals surface area (Å²) in [6, 6.07) is 21.1. The van der Waals surface area contributed by atoms with E-state index in [0.717, 1.165) is 32.8 Å². The Morgan fingerprint density at radius 2 is 1.65 bits per heavy atom. The Kier molecular flexibility index (Phi) is 6.86. The molecule has 0 atom stereocenters. The largest absolute Gasteiger partial charge is 0.366 e. The van der Waals surface area contributed by atoms with E-state index in [0.29, 0.717) is 12.0 Å². The zero-order valence-electron chi connectivity index (χ0n) is 18.4. The molecule has 0 saturated heterocycles. The van der Waals surface area contributed by atoms with Crippen LogP contribution >= 0.6 is 11.8 Å². The molecule has 0 aliphatic heterocycles. The molecule has 3 rings (SSSR count). The number of amides is 2. The first-order valence-corrected chi connectivity index (χ1v) is 11.0. The lowest BCUT2D eigenvalue weighted by molar-refractivity contribution is -0.115. The van der Waals surface area contributed by atoms with E-state index in [1.807, 2.05) is 61.5 Å². The molecule has 0 aliphatic carbocycles. The Hall–Kier alpha value is -3.05. The topological polar surface area (TPSA) is 72.2 Å². The SMILES string of the molecule is Cc1ccc(CC(=O)Nc2cc(-c3ccccc3C(N)=O)ccc2SC(C)(C)C)cc1. The molecule has 2 amide bonds. The van der Waals surface area contributed by atoms with Crippen LogP contribution in [0, 0.1) is 6.92 Å². The highest BCUT2D eigenvalue weighted by molar-refractivity contribution is 8.00. The van der Waals surface area contributed by atoms with Crippen LogP contribution in [0.2, 0.25) is 0 Å². The van der Waals surface area contributed by atoms with Crippen LogP contribution in [-0.2, 0) is 11.2 Å². The van der Waals surface area contributed by atoms with Gasteiger partial charge in [0.15, 0.2) is 0 Å². The van der Waals surface area contributed by atoms with Crippen molar-refractivity contribution in [2.75, 3.05) is 5.32 Å². The number of hydrogen-bond acceptors (Lipinski definition) is 3.